The number of hydrogen-bond donors (Lipinski definition) is 2. The smallest absolute Gasteiger partial charge is 0.329 e. The second-order valence-corrected chi connectivity index (χ2v) is 6.27. The van der Waals surface area contributed by atoms with Crippen molar-refractivity contribution in [2.24, 2.45) is 0 Å². The Labute approximate surface area is 145 Å². The number of methoxy groups -OCH3 is 1. The van der Waals surface area contributed by atoms with E-state index in [-0.39, 0.29) is 29.9 Å². The summed E-state index contributed by atoms with van der Waals surface area (Å²) in [5.74, 6) is -2.51. The van der Waals surface area contributed by atoms with Crippen LogP contribution in [0.5, 0.6) is 5.75 Å². The number of rotatable bonds is 7. The van der Waals surface area contributed by atoms with Gasteiger partial charge in [-0.1, -0.05) is 19.3 Å². The number of carboxylic acid groups (broad SMARTS) is 1. The number of halogens is 1. The number of benzene rings is 1. The number of nitrogens with one attached hydrogen (secondary N) is 1. The van der Waals surface area contributed by atoms with Gasteiger partial charge in [0.15, 0.2) is 17.3 Å². The van der Waals surface area contributed by atoms with Crippen molar-refractivity contribution in [3.63, 3.8) is 0 Å². The van der Waals surface area contributed by atoms with Gasteiger partial charge in [0.2, 0.25) is 5.91 Å². The van der Waals surface area contributed by atoms with Crippen molar-refractivity contribution in [1.29, 1.82) is 0 Å². The lowest BCUT2D eigenvalue weighted by Crippen LogP contribution is -2.55. The third kappa shape index (κ3) is 4.55. The summed E-state index contributed by atoms with van der Waals surface area (Å²) in [5.41, 5.74) is -1.08. The summed E-state index contributed by atoms with van der Waals surface area (Å²) < 4.78 is 18.4. The molecule has 2 N–H and O–H groups in total. The minimum absolute atomic E-state index is 0.0370. The molecule has 0 spiro atoms. The van der Waals surface area contributed by atoms with Crippen molar-refractivity contribution >= 4 is 17.7 Å². The van der Waals surface area contributed by atoms with E-state index in [0.29, 0.717) is 12.8 Å². The summed E-state index contributed by atoms with van der Waals surface area (Å²) in [7, 11) is 1.33. The van der Waals surface area contributed by atoms with Crippen LogP contribution in [-0.2, 0) is 9.59 Å². The summed E-state index contributed by atoms with van der Waals surface area (Å²) >= 11 is 0. The molecule has 1 amide bonds. The standard InChI is InChI=1S/C18H22FNO5/c1-25-15-7-5-12(11-13(15)19)14(21)6-8-16(22)20-18(17(23)24)9-3-2-4-10-18/h5,7,11H,2-4,6,8-10H2,1H3,(H,20,22)(H,23,24). The third-order valence-electron chi connectivity index (χ3n) is 4.55. The zero-order valence-corrected chi connectivity index (χ0v) is 14.1. The van der Waals surface area contributed by atoms with Gasteiger partial charge < -0.3 is 15.2 Å². The Balaban J connectivity index is 1.93. The van der Waals surface area contributed by atoms with Crippen LogP contribution in [0, 0.1) is 5.82 Å². The molecule has 7 heteroatoms. The largest absolute Gasteiger partial charge is 0.494 e. The fourth-order valence-corrected chi connectivity index (χ4v) is 3.09. The first-order valence-corrected chi connectivity index (χ1v) is 8.29. The maximum Gasteiger partial charge on any atom is 0.329 e. The van der Waals surface area contributed by atoms with Crippen LogP contribution < -0.4 is 10.1 Å². The van der Waals surface area contributed by atoms with E-state index < -0.39 is 23.2 Å². The molecule has 1 fully saturated rings. The molecule has 0 unspecified atom stereocenters. The van der Waals surface area contributed by atoms with Crippen molar-refractivity contribution in [2.75, 3.05) is 7.11 Å². The average Bonchev–Trinajstić information content (AvgIpc) is 2.60. The summed E-state index contributed by atoms with van der Waals surface area (Å²) in [6.07, 6.45) is 2.98. The molecule has 1 aliphatic rings. The minimum Gasteiger partial charge on any atom is -0.494 e. The Hall–Kier alpha value is -2.44. The highest BCUT2D eigenvalue weighted by Gasteiger charge is 2.40. The van der Waals surface area contributed by atoms with Gasteiger partial charge in [-0.3, -0.25) is 9.59 Å². The highest BCUT2D eigenvalue weighted by atomic mass is 19.1. The normalized spacial score (nSPS) is 16.1. The lowest BCUT2D eigenvalue weighted by atomic mass is 9.81. The number of carbonyl (C=O) groups excluding carboxylic acids is 2. The summed E-state index contributed by atoms with van der Waals surface area (Å²) in [5, 5.41) is 12.0. The number of hydrogen-bond acceptors (Lipinski definition) is 4. The van der Waals surface area contributed by atoms with Gasteiger partial charge in [-0.2, -0.15) is 0 Å². The van der Waals surface area contributed by atoms with Crippen molar-refractivity contribution in [3.05, 3.63) is 29.6 Å². The molecule has 0 bridgehead atoms. The number of carboxylic acids is 1. The fraction of sp³-hybridized carbons (Fsp3) is 0.500. The van der Waals surface area contributed by atoms with E-state index in [2.05, 4.69) is 5.32 Å². The predicted octanol–water partition coefficient (Wildman–Crippen LogP) is 2.70. The number of amides is 1. The molecule has 1 aromatic rings. The van der Waals surface area contributed by atoms with Gasteiger partial charge in [-0.25, -0.2) is 9.18 Å². The van der Waals surface area contributed by atoms with E-state index in [1.807, 2.05) is 0 Å². The number of Topliss-reactive ketones (excluding diaryl/α,β-unsaturated/α-hetero) is 1. The molecule has 136 valence electrons. The van der Waals surface area contributed by atoms with Crippen LogP contribution in [0.4, 0.5) is 4.39 Å². The van der Waals surface area contributed by atoms with Crippen LogP contribution in [-0.4, -0.2) is 35.4 Å². The van der Waals surface area contributed by atoms with Crippen LogP contribution >= 0.6 is 0 Å². The highest BCUT2D eigenvalue weighted by molar-refractivity contribution is 5.98. The van der Waals surface area contributed by atoms with Crippen LogP contribution in [0.1, 0.15) is 55.3 Å². The molecule has 0 saturated heterocycles. The lowest BCUT2D eigenvalue weighted by molar-refractivity contribution is -0.149. The van der Waals surface area contributed by atoms with Gasteiger partial charge in [0, 0.05) is 18.4 Å². The SMILES string of the molecule is COc1ccc(C(=O)CCC(=O)NC2(C(=O)O)CCCCC2)cc1F. The molecule has 6 nitrogen and oxygen atoms in total. The molecule has 25 heavy (non-hydrogen) atoms. The van der Waals surface area contributed by atoms with Gasteiger partial charge in [0.25, 0.3) is 0 Å². The van der Waals surface area contributed by atoms with Crippen LogP contribution in [0.3, 0.4) is 0 Å². The van der Waals surface area contributed by atoms with Crippen molar-refractivity contribution in [1.82, 2.24) is 5.32 Å². The Kier molecular flexibility index (Phi) is 6.12. The Morgan fingerprint density at radius 2 is 1.88 bits per heavy atom. The summed E-state index contributed by atoms with van der Waals surface area (Å²) in [6, 6.07) is 3.85. The average molecular weight is 351 g/mol. The van der Waals surface area contributed by atoms with Gasteiger partial charge in [0.1, 0.15) is 5.54 Å². The van der Waals surface area contributed by atoms with Crippen molar-refractivity contribution < 1.29 is 28.6 Å². The molecular formula is C18H22FNO5. The Morgan fingerprint density at radius 3 is 2.44 bits per heavy atom. The zero-order valence-electron chi connectivity index (χ0n) is 14.1. The topological polar surface area (TPSA) is 92.7 Å². The maximum atomic E-state index is 13.6. The van der Waals surface area contributed by atoms with E-state index in [0.717, 1.165) is 25.3 Å². The summed E-state index contributed by atoms with van der Waals surface area (Å²) in [4.78, 5) is 35.7. The number of ketones is 1. The first kappa shape index (κ1) is 18.9. The van der Waals surface area contributed by atoms with E-state index >= 15 is 0 Å². The Bertz CT molecular complexity index is 667. The molecular weight excluding hydrogens is 329 g/mol. The number of carbonyl (C=O) groups is 3. The van der Waals surface area contributed by atoms with Gasteiger partial charge >= 0.3 is 5.97 Å². The second-order valence-electron chi connectivity index (χ2n) is 6.27. The fourth-order valence-electron chi connectivity index (χ4n) is 3.09. The minimum atomic E-state index is -1.23. The van der Waals surface area contributed by atoms with Gasteiger partial charge in [-0.15, -0.1) is 0 Å². The maximum absolute atomic E-state index is 13.6. The molecule has 1 saturated carbocycles. The number of ether oxygens (including phenoxy) is 1. The van der Waals surface area contributed by atoms with Crippen molar-refractivity contribution in [3.8, 4) is 5.75 Å². The summed E-state index contributed by atoms with van der Waals surface area (Å²) in [6.45, 7) is 0. The van der Waals surface area contributed by atoms with Gasteiger partial charge in [0.05, 0.1) is 7.11 Å². The van der Waals surface area contributed by atoms with Crippen LogP contribution in [0.25, 0.3) is 0 Å². The quantitative estimate of drug-likeness (QED) is 0.737. The molecule has 2 rings (SSSR count). The molecule has 1 aliphatic carbocycles. The van der Waals surface area contributed by atoms with E-state index in [1.165, 1.54) is 19.2 Å². The van der Waals surface area contributed by atoms with Crippen LogP contribution in [0.15, 0.2) is 18.2 Å². The molecule has 0 radical (unpaired) electrons. The first-order valence-electron chi connectivity index (χ1n) is 8.29. The first-order chi connectivity index (χ1) is 11.9. The lowest BCUT2D eigenvalue weighted by Gasteiger charge is -2.34. The predicted molar refractivity (Wildman–Crippen MR) is 88.1 cm³/mol. The number of aliphatic carboxylic acids is 1. The van der Waals surface area contributed by atoms with E-state index in [1.54, 1.807) is 0 Å². The zero-order chi connectivity index (χ0) is 18.4. The van der Waals surface area contributed by atoms with E-state index in [4.69, 9.17) is 4.74 Å². The molecule has 1 aromatic carbocycles. The molecule has 0 aliphatic heterocycles. The highest BCUT2D eigenvalue weighted by Crippen LogP contribution is 2.28. The monoisotopic (exact) mass is 351 g/mol. The molecule has 0 heterocycles. The third-order valence-corrected chi connectivity index (χ3v) is 4.55. The van der Waals surface area contributed by atoms with Crippen molar-refractivity contribution in [2.45, 2.75) is 50.5 Å². The van der Waals surface area contributed by atoms with Crippen LogP contribution in [0.2, 0.25) is 0 Å². The van der Waals surface area contributed by atoms with E-state index in [9.17, 15) is 23.9 Å². The van der Waals surface area contributed by atoms with Gasteiger partial charge in [-0.05, 0) is 31.0 Å². The molecule has 0 aromatic heterocycles. The Morgan fingerprint density at radius 1 is 1.20 bits per heavy atom. The second kappa shape index (κ2) is 8.09. The molecule has 0 atom stereocenters.